The van der Waals surface area contributed by atoms with E-state index in [0.29, 0.717) is 35.9 Å². The quantitative estimate of drug-likeness (QED) is 0.775. The molecule has 0 unspecified atom stereocenters. The number of rotatable bonds is 8. The van der Waals surface area contributed by atoms with E-state index in [-0.39, 0.29) is 5.91 Å². The van der Waals surface area contributed by atoms with Crippen LogP contribution in [0, 0.1) is 0 Å². The van der Waals surface area contributed by atoms with E-state index in [2.05, 4.69) is 15.5 Å². The minimum atomic E-state index is -0.110. The van der Waals surface area contributed by atoms with Crippen LogP contribution in [0.5, 0.6) is 17.2 Å². The van der Waals surface area contributed by atoms with E-state index in [0.717, 1.165) is 17.7 Å². The lowest BCUT2D eigenvalue weighted by Gasteiger charge is -2.15. The molecule has 0 aliphatic rings. The van der Waals surface area contributed by atoms with Crippen LogP contribution in [0.2, 0.25) is 0 Å². The summed E-state index contributed by atoms with van der Waals surface area (Å²) in [4.78, 5) is 12.1. The molecule has 1 amide bonds. The summed E-state index contributed by atoms with van der Waals surface area (Å²) in [5, 5.41) is 9.69. The molecule has 2 rings (SSSR count). The third kappa shape index (κ3) is 3.98. The molecule has 0 saturated carbocycles. The highest BCUT2D eigenvalue weighted by atomic mass is 16.5. The Morgan fingerprint density at radius 1 is 1.17 bits per heavy atom. The van der Waals surface area contributed by atoms with Gasteiger partial charge >= 0.3 is 0 Å². The van der Waals surface area contributed by atoms with Crippen molar-refractivity contribution in [2.24, 2.45) is 0 Å². The van der Waals surface area contributed by atoms with Crippen molar-refractivity contribution in [3.63, 3.8) is 0 Å². The zero-order valence-electron chi connectivity index (χ0n) is 14.4. The highest BCUT2D eigenvalue weighted by Crippen LogP contribution is 2.40. The highest BCUT2D eigenvalue weighted by Gasteiger charge is 2.16. The standard InChI is InChI=1S/C17H23N3O4/c1-5-12-10-14(20-19-12)18-15(21)9-7-11-6-8-13(22-2)17(24-4)16(11)23-3/h6,8,10H,5,7,9H2,1-4H3,(H2,18,19,20,21). The van der Waals surface area contributed by atoms with Crippen LogP contribution in [0.1, 0.15) is 24.6 Å². The predicted octanol–water partition coefficient (Wildman–Crippen LogP) is 2.57. The Morgan fingerprint density at radius 3 is 2.50 bits per heavy atom. The van der Waals surface area contributed by atoms with E-state index in [1.165, 1.54) is 0 Å². The molecule has 0 aliphatic carbocycles. The second-order valence-corrected chi connectivity index (χ2v) is 5.17. The van der Waals surface area contributed by atoms with Crippen LogP contribution in [0.3, 0.4) is 0 Å². The van der Waals surface area contributed by atoms with Gasteiger partial charge in [-0.1, -0.05) is 13.0 Å². The predicted molar refractivity (Wildman–Crippen MR) is 91.0 cm³/mol. The Hall–Kier alpha value is -2.70. The van der Waals surface area contributed by atoms with E-state index in [1.807, 2.05) is 19.1 Å². The molecule has 0 saturated heterocycles. The summed E-state index contributed by atoms with van der Waals surface area (Å²) in [5.74, 6) is 2.12. The normalized spacial score (nSPS) is 10.3. The molecule has 0 bridgehead atoms. The number of carbonyl (C=O) groups is 1. The Balaban J connectivity index is 2.04. The van der Waals surface area contributed by atoms with Gasteiger partial charge < -0.3 is 19.5 Å². The fourth-order valence-corrected chi connectivity index (χ4v) is 2.42. The number of H-pyrrole nitrogens is 1. The molecule has 2 N–H and O–H groups in total. The molecule has 1 aromatic heterocycles. The first-order valence-corrected chi connectivity index (χ1v) is 7.74. The number of ether oxygens (including phenoxy) is 3. The van der Waals surface area contributed by atoms with Crippen molar-refractivity contribution in [3.05, 3.63) is 29.5 Å². The summed E-state index contributed by atoms with van der Waals surface area (Å²) < 4.78 is 16.0. The molecule has 24 heavy (non-hydrogen) atoms. The Bertz CT molecular complexity index is 697. The number of nitrogens with one attached hydrogen (secondary N) is 2. The van der Waals surface area contributed by atoms with E-state index < -0.39 is 0 Å². The van der Waals surface area contributed by atoms with Gasteiger partial charge in [0.2, 0.25) is 11.7 Å². The number of aromatic nitrogens is 2. The van der Waals surface area contributed by atoms with Crippen LogP contribution >= 0.6 is 0 Å². The molecule has 7 heteroatoms. The molecule has 7 nitrogen and oxygen atoms in total. The van der Waals surface area contributed by atoms with Gasteiger partial charge in [-0.2, -0.15) is 5.10 Å². The smallest absolute Gasteiger partial charge is 0.225 e. The van der Waals surface area contributed by atoms with Gasteiger partial charge in [-0.15, -0.1) is 0 Å². The monoisotopic (exact) mass is 333 g/mol. The lowest BCUT2D eigenvalue weighted by atomic mass is 10.1. The van der Waals surface area contributed by atoms with Gasteiger partial charge in [0.05, 0.1) is 21.3 Å². The average molecular weight is 333 g/mol. The van der Waals surface area contributed by atoms with E-state index in [1.54, 1.807) is 27.4 Å². The zero-order chi connectivity index (χ0) is 17.5. The van der Waals surface area contributed by atoms with Gasteiger partial charge in [-0.25, -0.2) is 0 Å². The molecular formula is C17H23N3O4. The van der Waals surface area contributed by atoms with Gasteiger partial charge in [0.25, 0.3) is 0 Å². The molecule has 0 fully saturated rings. The number of benzene rings is 1. The maximum atomic E-state index is 12.1. The first kappa shape index (κ1) is 17.7. The van der Waals surface area contributed by atoms with Gasteiger partial charge in [-0.05, 0) is 24.5 Å². The van der Waals surface area contributed by atoms with Crippen molar-refractivity contribution in [2.75, 3.05) is 26.6 Å². The number of hydrogen-bond donors (Lipinski definition) is 2. The third-order valence-corrected chi connectivity index (χ3v) is 3.69. The zero-order valence-corrected chi connectivity index (χ0v) is 14.4. The molecule has 1 heterocycles. The second-order valence-electron chi connectivity index (χ2n) is 5.17. The number of aromatic amines is 1. The lowest BCUT2D eigenvalue weighted by Crippen LogP contribution is -2.13. The number of carbonyl (C=O) groups excluding carboxylic acids is 1. The number of amides is 1. The van der Waals surface area contributed by atoms with Crippen LogP contribution in [0.15, 0.2) is 18.2 Å². The number of anilines is 1. The van der Waals surface area contributed by atoms with Crippen molar-refractivity contribution >= 4 is 11.7 Å². The molecule has 130 valence electrons. The fourth-order valence-electron chi connectivity index (χ4n) is 2.42. The molecule has 0 aliphatic heterocycles. The number of methoxy groups -OCH3 is 3. The Labute approximate surface area is 141 Å². The minimum Gasteiger partial charge on any atom is -0.493 e. The topological polar surface area (TPSA) is 85.5 Å². The second kappa shape index (κ2) is 8.24. The number of nitrogens with zero attached hydrogens (tertiary/aromatic N) is 1. The van der Waals surface area contributed by atoms with E-state index in [4.69, 9.17) is 14.2 Å². The summed E-state index contributed by atoms with van der Waals surface area (Å²) in [7, 11) is 4.69. The molecular weight excluding hydrogens is 310 g/mol. The molecule has 0 spiro atoms. The molecule has 0 radical (unpaired) electrons. The van der Waals surface area contributed by atoms with Gasteiger partial charge in [-0.3, -0.25) is 9.89 Å². The maximum absolute atomic E-state index is 12.1. The summed E-state index contributed by atoms with van der Waals surface area (Å²) in [6, 6.07) is 5.50. The summed E-state index contributed by atoms with van der Waals surface area (Å²) in [5.41, 5.74) is 1.86. The van der Waals surface area contributed by atoms with Crippen molar-refractivity contribution < 1.29 is 19.0 Å². The number of hydrogen-bond acceptors (Lipinski definition) is 5. The number of aryl methyl sites for hydroxylation is 2. The highest BCUT2D eigenvalue weighted by molar-refractivity contribution is 5.90. The first-order valence-electron chi connectivity index (χ1n) is 7.74. The van der Waals surface area contributed by atoms with Gasteiger partial charge in [0.15, 0.2) is 17.3 Å². The molecule has 1 aromatic carbocycles. The SMILES string of the molecule is CCc1cc(NC(=O)CCc2ccc(OC)c(OC)c2OC)n[nH]1. The third-order valence-electron chi connectivity index (χ3n) is 3.69. The van der Waals surface area contributed by atoms with Crippen LogP contribution in [0.4, 0.5) is 5.82 Å². The van der Waals surface area contributed by atoms with Gasteiger partial charge in [0.1, 0.15) is 0 Å². The van der Waals surface area contributed by atoms with Crippen molar-refractivity contribution in [2.45, 2.75) is 26.2 Å². The maximum Gasteiger partial charge on any atom is 0.225 e. The van der Waals surface area contributed by atoms with Crippen LogP contribution < -0.4 is 19.5 Å². The fraction of sp³-hybridized carbons (Fsp3) is 0.412. The van der Waals surface area contributed by atoms with Gasteiger partial charge in [0, 0.05) is 18.2 Å². The molecule has 0 atom stereocenters. The minimum absolute atomic E-state index is 0.110. The van der Waals surface area contributed by atoms with Crippen molar-refractivity contribution in [1.82, 2.24) is 10.2 Å². The Morgan fingerprint density at radius 2 is 1.92 bits per heavy atom. The summed E-state index contributed by atoms with van der Waals surface area (Å²) in [6.45, 7) is 2.02. The molecule has 2 aromatic rings. The van der Waals surface area contributed by atoms with Crippen molar-refractivity contribution in [3.8, 4) is 17.2 Å². The Kier molecular flexibility index (Phi) is 6.06. The van der Waals surface area contributed by atoms with Crippen LogP contribution in [-0.4, -0.2) is 37.4 Å². The summed E-state index contributed by atoms with van der Waals surface area (Å²) in [6.07, 6.45) is 1.66. The van der Waals surface area contributed by atoms with Crippen LogP contribution in [0.25, 0.3) is 0 Å². The van der Waals surface area contributed by atoms with Crippen molar-refractivity contribution in [1.29, 1.82) is 0 Å². The lowest BCUT2D eigenvalue weighted by molar-refractivity contribution is -0.116. The van der Waals surface area contributed by atoms with Crippen LogP contribution in [-0.2, 0) is 17.6 Å². The largest absolute Gasteiger partial charge is 0.493 e. The average Bonchev–Trinajstić information content (AvgIpc) is 3.06. The first-order chi connectivity index (χ1) is 11.6. The van der Waals surface area contributed by atoms with E-state index >= 15 is 0 Å². The summed E-state index contributed by atoms with van der Waals surface area (Å²) >= 11 is 0. The van der Waals surface area contributed by atoms with E-state index in [9.17, 15) is 4.79 Å².